The maximum Gasteiger partial charge on any atom is 0.321 e. The molecule has 1 aromatic rings. The largest absolute Gasteiger partial charge is 0.383 e. The molecule has 1 saturated heterocycles. The minimum absolute atomic E-state index is 0.0540. The summed E-state index contributed by atoms with van der Waals surface area (Å²) in [5.41, 5.74) is 1.98. The summed E-state index contributed by atoms with van der Waals surface area (Å²) in [5, 5.41) is 5.79. The second kappa shape index (κ2) is 10.0. The molecule has 25 heavy (non-hydrogen) atoms. The third-order valence-electron chi connectivity index (χ3n) is 4.52. The van der Waals surface area contributed by atoms with Crippen LogP contribution in [0.15, 0.2) is 24.3 Å². The van der Waals surface area contributed by atoms with E-state index in [9.17, 15) is 9.59 Å². The second-order valence-corrected chi connectivity index (χ2v) is 6.63. The molecule has 6 nitrogen and oxygen atoms in total. The summed E-state index contributed by atoms with van der Waals surface area (Å²) in [6.07, 6.45) is 3.37. The predicted molar refractivity (Wildman–Crippen MR) is 98.6 cm³/mol. The van der Waals surface area contributed by atoms with Gasteiger partial charge in [-0.1, -0.05) is 17.7 Å². The van der Waals surface area contributed by atoms with E-state index < -0.39 is 0 Å². The number of benzene rings is 1. The quantitative estimate of drug-likeness (QED) is 0.745. The highest BCUT2D eigenvalue weighted by molar-refractivity contribution is 5.89. The Balaban J connectivity index is 1.74. The van der Waals surface area contributed by atoms with Gasteiger partial charge in [0.05, 0.1) is 6.61 Å². The fourth-order valence-electron chi connectivity index (χ4n) is 3.04. The smallest absolute Gasteiger partial charge is 0.321 e. The number of amides is 3. The normalized spacial score (nSPS) is 17.2. The van der Waals surface area contributed by atoms with Crippen LogP contribution in [0.3, 0.4) is 0 Å². The summed E-state index contributed by atoms with van der Waals surface area (Å²) >= 11 is 0. The fraction of sp³-hybridized carbons (Fsp3) is 0.579. The van der Waals surface area contributed by atoms with Crippen molar-refractivity contribution in [2.45, 2.75) is 32.6 Å². The number of piperidine rings is 1. The zero-order chi connectivity index (χ0) is 18.1. The Kier molecular flexibility index (Phi) is 7.73. The monoisotopic (exact) mass is 347 g/mol. The molecule has 1 aliphatic heterocycles. The van der Waals surface area contributed by atoms with Gasteiger partial charge in [0.15, 0.2) is 0 Å². The molecule has 138 valence electrons. The molecule has 1 heterocycles. The molecule has 0 bridgehead atoms. The third kappa shape index (κ3) is 6.74. The van der Waals surface area contributed by atoms with Gasteiger partial charge in [-0.15, -0.1) is 0 Å². The van der Waals surface area contributed by atoms with E-state index in [1.807, 2.05) is 36.1 Å². The first-order valence-corrected chi connectivity index (χ1v) is 8.96. The maximum atomic E-state index is 12.4. The van der Waals surface area contributed by atoms with Crippen LogP contribution < -0.4 is 10.6 Å². The van der Waals surface area contributed by atoms with Gasteiger partial charge in [-0.3, -0.25) is 4.79 Å². The molecule has 1 fully saturated rings. The van der Waals surface area contributed by atoms with E-state index in [1.54, 1.807) is 7.11 Å². The van der Waals surface area contributed by atoms with E-state index in [1.165, 1.54) is 5.56 Å². The van der Waals surface area contributed by atoms with Crippen LogP contribution >= 0.6 is 0 Å². The second-order valence-electron chi connectivity index (χ2n) is 6.63. The number of urea groups is 1. The SMILES string of the molecule is COCCNC(=O)CCC1CCCN(C(=O)Nc2ccc(C)cc2)C1. The number of carbonyl (C=O) groups is 2. The van der Waals surface area contributed by atoms with Gasteiger partial charge in [-0.2, -0.15) is 0 Å². The third-order valence-corrected chi connectivity index (χ3v) is 4.52. The molecule has 1 unspecified atom stereocenters. The molecule has 0 saturated carbocycles. The highest BCUT2D eigenvalue weighted by atomic mass is 16.5. The number of nitrogens with one attached hydrogen (secondary N) is 2. The van der Waals surface area contributed by atoms with E-state index in [0.29, 0.717) is 32.0 Å². The summed E-state index contributed by atoms with van der Waals surface area (Å²) in [7, 11) is 1.62. The topological polar surface area (TPSA) is 70.7 Å². The zero-order valence-corrected chi connectivity index (χ0v) is 15.2. The van der Waals surface area contributed by atoms with Crippen molar-refractivity contribution in [3.8, 4) is 0 Å². The van der Waals surface area contributed by atoms with Gasteiger partial charge in [0.25, 0.3) is 0 Å². The number of rotatable bonds is 7. The van der Waals surface area contributed by atoms with E-state index in [4.69, 9.17) is 4.74 Å². The molecule has 2 N–H and O–H groups in total. The average molecular weight is 347 g/mol. The molecule has 1 atom stereocenters. The summed E-state index contributed by atoms with van der Waals surface area (Å²) in [5.74, 6) is 0.434. The molecule has 0 aliphatic carbocycles. The number of carbonyl (C=O) groups excluding carboxylic acids is 2. The van der Waals surface area contributed by atoms with E-state index in [-0.39, 0.29) is 11.9 Å². The van der Waals surface area contributed by atoms with Crippen LogP contribution in [0.2, 0.25) is 0 Å². The standard InChI is InChI=1S/C19H29N3O3/c1-15-5-8-17(9-6-15)21-19(24)22-12-3-4-16(14-22)7-10-18(23)20-11-13-25-2/h5-6,8-9,16H,3-4,7,10-14H2,1-2H3,(H,20,23)(H,21,24). The van der Waals surface area contributed by atoms with Crippen LogP contribution in [0.4, 0.5) is 10.5 Å². The van der Waals surface area contributed by atoms with Crippen LogP contribution in [0, 0.1) is 12.8 Å². The first-order chi connectivity index (χ1) is 12.1. The Labute approximate surface area is 149 Å². The highest BCUT2D eigenvalue weighted by Crippen LogP contribution is 2.22. The lowest BCUT2D eigenvalue weighted by molar-refractivity contribution is -0.121. The van der Waals surface area contributed by atoms with Gasteiger partial charge < -0.3 is 20.3 Å². The molecule has 3 amide bonds. The van der Waals surface area contributed by atoms with Crippen molar-refractivity contribution in [1.29, 1.82) is 0 Å². The number of hydrogen-bond donors (Lipinski definition) is 2. The molecule has 1 aromatic carbocycles. The number of nitrogens with zero attached hydrogens (tertiary/aromatic N) is 1. The summed E-state index contributed by atoms with van der Waals surface area (Å²) in [4.78, 5) is 26.1. The van der Waals surface area contributed by atoms with Gasteiger partial charge in [0.1, 0.15) is 0 Å². The molecular formula is C19H29N3O3. The number of ether oxygens (including phenoxy) is 1. The van der Waals surface area contributed by atoms with Crippen molar-refractivity contribution in [1.82, 2.24) is 10.2 Å². The molecule has 6 heteroatoms. The first-order valence-electron chi connectivity index (χ1n) is 8.96. The number of likely N-dealkylation sites (tertiary alicyclic amines) is 1. The van der Waals surface area contributed by atoms with Crippen LogP contribution in [0.1, 0.15) is 31.2 Å². The van der Waals surface area contributed by atoms with Crippen molar-refractivity contribution in [3.05, 3.63) is 29.8 Å². The molecule has 0 aromatic heterocycles. The first kappa shape index (κ1) is 19.2. The minimum atomic E-state index is -0.0573. The minimum Gasteiger partial charge on any atom is -0.383 e. The van der Waals surface area contributed by atoms with Gasteiger partial charge in [-0.25, -0.2) is 4.79 Å². The lowest BCUT2D eigenvalue weighted by Gasteiger charge is -2.32. The van der Waals surface area contributed by atoms with Gasteiger partial charge in [0, 0.05) is 38.9 Å². The summed E-state index contributed by atoms with van der Waals surface area (Å²) < 4.78 is 4.92. The molecule has 0 radical (unpaired) electrons. The fourth-order valence-corrected chi connectivity index (χ4v) is 3.04. The van der Waals surface area contributed by atoms with E-state index in [2.05, 4.69) is 10.6 Å². The van der Waals surface area contributed by atoms with Crippen LogP contribution in [0.5, 0.6) is 0 Å². The van der Waals surface area contributed by atoms with Crippen molar-refractivity contribution in [2.24, 2.45) is 5.92 Å². The molecule has 2 rings (SSSR count). The Hall–Kier alpha value is -2.08. The molecule has 1 aliphatic rings. The predicted octanol–water partition coefficient (Wildman–Crippen LogP) is 2.78. The Morgan fingerprint density at radius 1 is 1.28 bits per heavy atom. The van der Waals surface area contributed by atoms with Gasteiger partial charge in [0.2, 0.25) is 5.91 Å². The van der Waals surface area contributed by atoms with Crippen molar-refractivity contribution < 1.29 is 14.3 Å². The summed E-state index contributed by atoms with van der Waals surface area (Å²) in [6.45, 7) is 4.58. The average Bonchev–Trinajstić information content (AvgIpc) is 2.62. The lowest BCUT2D eigenvalue weighted by atomic mass is 9.93. The highest BCUT2D eigenvalue weighted by Gasteiger charge is 2.24. The lowest BCUT2D eigenvalue weighted by Crippen LogP contribution is -2.42. The number of methoxy groups -OCH3 is 1. The number of hydrogen-bond acceptors (Lipinski definition) is 3. The molecular weight excluding hydrogens is 318 g/mol. The van der Waals surface area contributed by atoms with Crippen LogP contribution in [-0.2, 0) is 9.53 Å². The Morgan fingerprint density at radius 3 is 2.76 bits per heavy atom. The zero-order valence-electron chi connectivity index (χ0n) is 15.2. The van der Waals surface area contributed by atoms with E-state index >= 15 is 0 Å². The number of aryl methyl sites for hydroxylation is 1. The maximum absolute atomic E-state index is 12.4. The van der Waals surface area contributed by atoms with Crippen LogP contribution in [-0.4, -0.2) is 50.2 Å². The number of anilines is 1. The van der Waals surface area contributed by atoms with Gasteiger partial charge >= 0.3 is 6.03 Å². The Morgan fingerprint density at radius 2 is 2.04 bits per heavy atom. The van der Waals surface area contributed by atoms with Gasteiger partial charge in [-0.05, 0) is 44.2 Å². The Bertz CT molecular complexity index is 560. The summed E-state index contributed by atoms with van der Waals surface area (Å²) in [6, 6.07) is 7.74. The van der Waals surface area contributed by atoms with Crippen molar-refractivity contribution in [2.75, 3.05) is 38.7 Å². The van der Waals surface area contributed by atoms with Crippen molar-refractivity contribution >= 4 is 17.6 Å². The van der Waals surface area contributed by atoms with E-state index in [0.717, 1.165) is 31.5 Å². The van der Waals surface area contributed by atoms with Crippen molar-refractivity contribution in [3.63, 3.8) is 0 Å². The molecule has 0 spiro atoms. The van der Waals surface area contributed by atoms with Crippen LogP contribution in [0.25, 0.3) is 0 Å².